The van der Waals surface area contributed by atoms with Crippen molar-refractivity contribution in [2.45, 2.75) is 19.8 Å². The van der Waals surface area contributed by atoms with Crippen molar-refractivity contribution in [3.63, 3.8) is 0 Å². The first-order valence-electron chi connectivity index (χ1n) is 3.80. The number of hydrogen-bond acceptors (Lipinski definition) is 2. The van der Waals surface area contributed by atoms with Crippen LogP contribution in [0.2, 0.25) is 0 Å². The van der Waals surface area contributed by atoms with Gasteiger partial charge in [0.15, 0.2) is 0 Å². The normalized spacial score (nSPS) is 9.55. The first kappa shape index (κ1) is 10.2. The van der Waals surface area contributed by atoms with Gasteiger partial charge in [0.25, 0.3) is 0 Å². The molecule has 0 rings (SSSR count). The zero-order valence-corrected chi connectivity index (χ0v) is 6.89. The molecular formula is C8H15NO2. The van der Waals surface area contributed by atoms with Gasteiger partial charge in [0.1, 0.15) is 0 Å². The lowest BCUT2D eigenvalue weighted by Gasteiger charge is -2.01. The summed E-state index contributed by atoms with van der Waals surface area (Å²) in [5, 5.41) is 11.4. The van der Waals surface area contributed by atoms with E-state index in [0.717, 1.165) is 19.4 Å². The van der Waals surface area contributed by atoms with Crippen LogP contribution in [0.3, 0.4) is 0 Å². The molecule has 0 atom stereocenters. The highest BCUT2D eigenvalue weighted by molar-refractivity contribution is 5.86. The van der Waals surface area contributed by atoms with E-state index in [1.807, 2.05) is 0 Å². The van der Waals surface area contributed by atoms with Crippen LogP contribution in [-0.2, 0) is 4.79 Å². The molecule has 0 radical (unpaired) electrons. The summed E-state index contributed by atoms with van der Waals surface area (Å²) in [4.78, 5) is 10.2. The molecule has 64 valence electrons. The standard InChI is InChI=1S/C8H15NO2/c1-3-4-5-9-6-7(2)8(10)11/h9H,2-6H2,1H3,(H,10,11). The van der Waals surface area contributed by atoms with E-state index in [2.05, 4.69) is 18.8 Å². The van der Waals surface area contributed by atoms with Gasteiger partial charge in [0.05, 0.1) is 0 Å². The van der Waals surface area contributed by atoms with E-state index < -0.39 is 5.97 Å². The second kappa shape index (κ2) is 5.92. The molecule has 0 saturated heterocycles. The van der Waals surface area contributed by atoms with Crippen molar-refractivity contribution >= 4 is 5.97 Å². The van der Waals surface area contributed by atoms with Gasteiger partial charge in [-0.15, -0.1) is 0 Å². The van der Waals surface area contributed by atoms with Crippen LogP contribution in [0, 0.1) is 0 Å². The highest BCUT2D eigenvalue weighted by Crippen LogP contribution is 1.87. The second-order valence-corrected chi connectivity index (χ2v) is 2.44. The van der Waals surface area contributed by atoms with Crippen molar-refractivity contribution in [3.8, 4) is 0 Å². The zero-order chi connectivity index (χ0) is 8.69. The minimum absolute atomic E-state index is 0.223. The van der Waals surface area contributed by atoms with Crippen molar-refractivity contribution in [2.24, 2.45) is 0 Å². The highest BCUT2D eigenvalue weighted by atomic mass is 16.4. The van der Waals surface area contributed by atoms with Gasteiger partial charge in [-0.05, 0) is 13.0 Å². The molecule has 0 amide bonds. The Hall–Kier alpha value is -0.830. The first-order chi connectivity index (χ1) is 5.18. The lowest BCUT2D eigenvalue weighted by molar-refractivity contribution is -0.132. The third-order valence-electron chi connectivity index (χ3n) is 1.35. The number of carbonyl (C=O) groups is 1. The highest BCUT2D eigenvalue weighted by Gasteiger charge is 2.00. The fraction of sp³-hybridized carbons (Fsp3) is 0.625. The molecule has 3 heteroatoms. The van der Waals surface area contributed by atoms with Crippen molar-refractivity contribution < 1.29 is 9.90 Å². The molecule has 11 heavy (non-hydrogen) atoms. The van der Waals surface area contributed by atoms with Gasteiger partial charge < -0.3 is 10.4 Å². The van der Waals surface area contributed by atoms with E-state index in [9.17, 15) is 4.79 Å². The maximum atomic E-state index is 10.2. The Bertz CT molecular complexity index is 143. The minimum Gasteiger partial charge on any atom is -0.478 e. The predicted molar refractivity (Wildman–Crippen MR) is 44.6 cm³/mol. The Kier molecular flexibility index (Phi) is 5.47. The van der Waals surface area contributed by atoms with E-state index in [4.69, 9.17) is 5.11 Å². The zero-order valence-electron chi connectivity index (χ0n) is 6.89. The monoisotopic (exact) mass is 157 g/mol. The molecule has 0 fully saturated rings. The van der Waals surface area contributed by atoms with Crippen LogP contribution in [0.1, 0.15) is 19.8 Å². The van der Waals surface area contributed by atoms with E-state index in [-0.39, 0.29) is 5.57 Å². The summed E-state index contributed by atoms with van der Waals surface area (Å²) in [7, 11) is 0. The number of carboxylic acid groups (broad SMARTS) is 1. The number of unbranched alkanes of at least 4 members (excludes halogenated alkanes) is 1. The van der Waals surface area contributed by atoms with Crippen LogP contribution >= 0.6 is 0 Å². The fourth-order valence-corrected chi connectivity index (χ4v) is 0.617. The van der Waals surface area contributed by atoms with Gasteiger partial charge >= 0.3 is 5.97 Å². The fourth-order valence-electron chi connectivity index (χ4n) is 0.617. The van der Waals surface area contributed by atoms with Gasteiger partial charge in [0.2, 0.25) is 0 Å². The van der Waals surface area contributed by atoms with Crippen LogP contribution < -0.4 is 5.32 Å². The average Bonchev–Trinajstić information content (AvgIpc) is 1.97. The molecule has 0 aliphatic rings. The molecule has 0 aromatic carbocycles. The Labute approximate surface area is 67.1 Å². The van der Waals surface area contributed by atoms with E-state index in [1.54, 1.807) is 0 Å². The molecule has 0 aromatic heterocycles. The maximum absolute atomic E-state index is 10.2. The van der Waals surface area contributed by atoms with Crippen LogP contribution in [0.4, 0.5) is 0 Å². The van der Waals surface area contributed by atoms with Gasteiger partial charge in [-0.1, -0.05) is 19.9 Å². The van der Waals surface area contributed by atoms with Crippen molar-refractivity contribution in [1.29, 1.82) is 0 Å². The van der Waals surface area contributed by atoms with Crippen LogP contribution in [0.25, 0.3) is 0 Å². The Morgan fingerprint density at radius 3 is 2.73 bits per heavy atom. The number of rotatable bonds is 6. The van der Waals surface area contributed by atoms with Crippen molar-refractivity contribution in [1.82, 2.24) is 5.32 Å². The molecule has 0 aliphatic carbocycles. The molecule has 0 spiro atoms. The number of hydrogen-bond donors (Lipinski definition) is 2. The van der Waals surface area contributed by atoms with Crippen LogP contribution in [-0.4, -0.2) is 24.2 Å². The summed E-state index contributed by atoms with van der Waals surface area (Å²) in [5.41, 5.74) is 0.223. The molecule has 0 bridgehead atoms. The summed E-state index contributed by atoms with van der Waals surface area (Å²) in [6, 6.07) is 0. The lowest BCUT2D eigenvalue weighted by atomic mass is 10.3. The van der Waals surface area contributed by atoms with Crippen LogP contribution in [0.15, 0.2) is 12.2 Å². The maximum Gasteiger partial charge on any atom is 0.332 e. The van der Waals surface area contributed by atoms with Gasteiger partial charge in [-0.25, -0.2) is 4.79 Å². The van der Waals surface area contributed by atoms with E-state index >= 15 is 0 Å². The molecule has 0 heterocycles. The molecule has 0 saturated carbocycles. The number of nitrogens with one attached hydrogen (secondary N) is 1. The average molecular weight is 157 g/mol. The number of aliphatic carboxylic acids is 1. The topological polar surface area (TPSA) is 49.3 Å². The smallest absolute Gasteiger partial charge is 0.332 e. The lowest BCUT2D eigenvalue weighted by Crippen LogP contribution is -2.21. The van der Waals surface area contributed by atoms with E-state index in [1.165, 1.54) is 0 Å². The summed E-state index contributed by atoms with van der Waals surface area (Å²) in [6.45, 7) is 6.73. The third kappa shape index (κ3) is 5.61. The minimum atomic E-state index is -0.922. The molecule has 2 N–H and O–H groups in total. The first-order valence-corrected chi connectivity index (χ1v) is 3.80. The van der Waals surface area contributed by atoms with Gasteiger partial charge in [-0.2, -0.15) is 0 Å². The quantitative estimate of drug-likeness (QED) is 0.447. The number of carboxylic acids is 1. The van der Waals surface area contributed by atoms with Crippen molar-refractivity contribution in [3.05, 3.63) is 12.2 Å². The second-order valence-electron chi connectivity index (χ2n) is 2.44. The molecule has 0 aromatic rings. The molecule has 0 unspecified atom stereocenters. The van der Waals surface area contributed by atoms with E-state index in [0.29, 0.717) is 6.54 Å². The third-order valence-corrected chi connectivity index (χ3v) is 1.35. The Morgan fingerprint density at radius 2 is 2.27 bits per heavy atom. The Balaban J connectivity index is 3.25. The Morgan fingerprint density at radius 1 is 1.64 bits per heavy atom. The molecular weight excluding hydrogens is 142 g/mol. The molecule has 0 aliphatic heterocycles. The van der Waals surface area contributed by atoms with Gasteiger partial charge in [0, 0.05) is 12.1 Å². The summed E-state index contributed by atoms with van der Waals surface area (Å²) >= 11 is 0. The summed E-state index contributed by atoms with van der Waals surface area (Å²) < 4.78 is 0. The SMILES string of the molecule is C=C(CNCCCC)C(=O)O. The summed E-state index contributed by atoms with van der Waals surface area (Å²) in [6.07, 6.45) is 2.19. The predicted octanol–water partition coefficient (Wildman–Crippen LogP) is 1.02. The molecule has 3 nitrogen and oxygen atoms in total. The van der Waals surface area contributed by atoms with Crippen LogP contribution in [0.5, 0.6) is 0 Å². The largest absolute Gasteiger partial charge is 0.478 e. The van der Waals surface area contributed by atoms with Gasteiger partial charge in [-0.3, -0.25) is 0 Å². The van der Waals surface area contributed by atoms with Crippen molar-refractivity contribution in [2.75, 3.05) is 13.1 Å². The summed E-state index contributed by atoms with van der Waals surface area (Å²) in [5.74, 6) is -0.922.